The van der Waals surface area contributed by atoms with E-state index in [0.717, 1.165) is 0 Å². The number of hydrogen-bond acceptors (Lipinski definition) is 0. The molecule has 1 N–H and O–H groups in total. The molecule has 0 aliphatic heterocycles. The number of fused-ring (bicyclic) bond motifs is 1. The van der Waals surface area contributed by atoms with E-state index in [-0.39, 0.29) is 0 Å². The molecule has 90 valence electrons. The lowest BCUT2D eigenvalue weighted by molar-refractivity contribution is 1.30. The van der Waals surface area contributed by atoms with Crippen LogP contribution < -0.4 is 0 Å². The summed E-state index contributed by atoms with van der Waals surface area (Å²) in [4.78, 5) is 3.48. The Balaban J connectivity index is 2.28. The Morgan fingerprint density at radius 3 is 2.17 bits per heavy atom. The molecule has 1 aromatic heterocycles. The number of nitrogens with one attached hydrogen (secondary N) is 1. The van der Waals surface area contributed by atoms with Crippen LogP contribution in [0.5, 0.6) is 0 Å². The Bertz CT molecular complexity index is 702. The molecule has 0 amide bonds. The Hall–Kier alpha value is -2.02. The average molecular weight is 235 g/mol. The van der Waals surface area contributed by atoms with Crippen LogP contribution in [0, 0.1) is 20.8 Å². The van der Waals surface area contributed by atoms with Crippen LogP contribution in [0.25, 0.3) is 22.0 Å². The lowest BCUT2D eigenvalue weighted by atomic mass is 10.0. The van der Waals surface area contributed by atoms with E-state index in [0.29, 0.717) is 0 Å². The summed E-state index contributed by atoms with van der Waals surface area (Å²) in [6.45, 7) is 6.39. The van der Waals surface area contributed by atoms with Crippen LogP contribution in [0.3, 0.4) is 0 Å². The van der Waals surface area contributed by atoms with E-state index in [9.17, 15) is 0 Å². The second kappa shape index (κ2) is 4.02. The van der Waals surface area contributed by atoms with E-state index in [1.807, 2.05) is 0 Å². The van der Waals surface area contributed by atoms with Crippen LogP contribution in [0.1, 0.15) is 16.8 Å². The van der Waals surface area contributed by atoms with Gasteiger partial charge in [0.2, 0.25) is 0 Å². The van der Waals surface area contributed by atoms with Gasteiger partial charge >= 0.3 is 0 Å². The Morgan fingerprint density at radius 2 is 1.44 bits per heavy atom. The lowest BCUT2D eigenvalue weighted by Gasteiger charge is -2.03. The van der Waals surface area contributed by atoms with Crippen molar-refractivity contribution in [3.05, 3.63) is 59.3 Å². The number of H-pyrrole nitrogens is 1. The number of aromatic amines is 1. The molecule has 1 heteroatoms. The van der Waals surface area contributed by atoms with Crippen LogP contribution in [0.15, 0.2) is 42.5 Å². The molecule has 0 fully saturated rings. The SMILES string of the molecule is Cc1ccc(-c2c(C)[nH]c3cc(C)ccc23)cc1. The molecule has 0 saturated carbocycles. The first kappa shape index (κ1) is 11.1. The minimum atomic E-state index is 1.23. The summed E-state index contributed by atoms with van der Waals surface area (Å²) in [6, 6.07) is 15.3. The third kappa shape index (κ3) is 1.72. The van der Waals surface area contributed by atoms with Gasteiger partial charge in [-0.15, -0.1) is 0 Å². The second-order valence-corrected chi connectivity index (χ2v) is 5.04. The fourth-order valence-electron chi connectivity index (χ4n) is 2.54. The standard InChI is InChI=1S/C17H17N/c1-11-4-7-14(8-5-11)17-13(3)18-16-10-12(2)6-9-15(16)17/h4-10,18H,1-3H3. The van der Waals surface area contributed by atoms with Crippen LogP contribution in [-0.4, -0.2) is 4.98 Å². The molecule has 2 aromatic carbocycles. The minimum absolute atomic E-state index is 1.23. The summed E-state index contributed by atoms with van der Waals surface area (Å²) in [5.41, 5.74) is 7.66. The van der Waals surface area contributed by atoms with Gasteiger partial charge in [0.15, 0.2) is 0 Å². The Kier molecular flexibility index (Phi) is 2.48. The smallest absolute Gasteiger partial charge is 0.0465 e. The first-order valence-electron chi connectivity index (χ1n) is 6.31. The molecule has 0 bridgehead atoms. The van der Waals surface area contributed by atoms with Crippen LogP contribution in [0.4, 0.5) is 0 Å². The monoisotopic (exact) mass is 235 g/mol. The highest BCUT2D eigenvalue weighted by molar-refractivity contribution is 5.97. The zero-order valence-corrected chi connectivity index (χ0v) is 11.0. The van der Waals surface area contributed by atoms with Gasteiger partial charge in [0.25, 0.3) is 0 Å². The van der Waals surface area contributed by atoms with Gasteiger partial charge in [-0.3, -0.25) is 0 Å². The molecule has 0 spiro atoms. The van der Waals surface area contributed by atoms with E-state index in [1.165, 1.54) is 38.9 Å². The number of aromatic nitrogens is 1. The van der Waals surface area contributed by atoms with Crippen molar-refractivity contribution in [2.24, 2.45) is 0 Å². The molecular weight excluding hydrogens is 218 g/mol. The number of hydrogen-bond donors (Lipinski definition) is 1. The average Bonchev–Trinajstić information content (AvgIpc) is 2.65. The van der Waals surface area contributed by atoms with Crippen LogP contribution in [0.2, 0.25) is 0 Å². The van der Waals surface area contributed by atoms with Gasteiger partial charge in [0.05, 0.1) is 0 Å². The van der Waals surface area contributed by atoms with Gasteiger partial charge in [0, 0.05) is 22.2 Å². The van der Waals surface area contributed by atoms with E-state index in [1.54, 1.807) is 0 Å². The van der Waals surface area contributed by atoms with Gasteiger partial charge < -0.3 is 4.98 Å². The molecule has 3 aromatic rings. The summed E-state index contributed by atoms with van der Waals surface area (Å²) >= 11 is 0. The first-order valence-corrected chi connectivity index (χ1v) is 6.31. The van der Waals surface area contributed by atoms with Gasteiger partial charge in [-0.05, 0) is 38.0 Å². The van der Waals surface area contributed by atoms with Crippen molar-refractivity contribution in [1.29, 1.82) is 0 Å². The fraction of sp³-hybridized carbons (Fsp3) is 0.176. The second-order valence-electron chi connectivity index (χ2n) is 5.04. The summed E-state index contributed by atoms with van der Waals surface area (Å²) in [5, 5.41) is 1.31. The van der Waals surface area contributed by atoms with E-state index in [4.69, 9.17) is 0 Å². The molecule has 0 unspecified atom stereocenters. The Labute approximate surface area is 107 Å². The van der Waals surface area contributed by atoms with E-state index in [2.05, 4.69) is 68.2 Å². The number of aryl methyl sites for hydroxylation is 3. The molecule has 1 nitrogen and oxygen atoms in total. The predicted molar refractivity (Wildman–Crippen MR) is 77.9 cm³/mol. The molecule has 0 atom stereocenters. The van der Waals surface area contributed by atoms with Crippen molar-refractivity contribution >= 4 is 10.9 Å². The van der Waals surface area contributed by atoms with Crippen molar-refractivity contribution in [2.45, 2.75) is 20.8 Å². The van der Waals surface area contributed by atoms with Crippen molar-refractivity contribution < 1.29 is 0 Å². The third-order valence-corrected chi connectivity index (χ3v) is 3.48. The molecule has 0 radical (unpaired) electrons. The highest BCUT2D eigenvalue weighted by Gasteiger charge is 2.10. The topological polar surface area (TPSA) is 15.8 Å². The van der Waals surface area contributed by atoms with Crippen LogP contribution >= 0.6 is 0 Å². The lowest BCUT2D eigenvalue weighted by Crippen LogP contribution is -1.80. The van der Waals surface area contributed by atoms with E-state index >= 15 is 0 Å². The molecule has 0 aliphatic rings. The minimum Gasteiger partial charge on any atom is -0.358 e. The largest absolute Gasteiger partial charge is 0.358 e. The summed E-state index contributed by atoms with van der Waals surface area (Å²) in [6.07, 6.45) is 0. The number of benzene rings is 2. The third-order valence-electron chi connectivity index (χ3n) is 3.48. The van der Waals surface area contributed by atoms with Gasteiger partial charge in [-0.1, -0.05) is 42.0 Å². The Morgan fingerprint density at radius 1 is 0.778 bits per heavy atom. The van der Waals surface area contributed by atoms with Gasteiger partial charge in [0.1, 0.15) is 0 Å². The van der Waals surface area contributed by atoms with Gasteiger partial charge in [-0.25, -0.2) is 0 Å². The molecule has 3 rings (SSSR count). The molecule has 1 heterocycles. The summed E-state index contributed by atoms with van der Waals surface area (Å²) < 4.78 is 0. The predicted octanol–water partition coefficient (Wildman–Crippen LogP) is 4.76. The summed E-state index contributed by atoms with van der Waals surface area (Å²) in [5.74, 6) is 0. The zero-order valence-electron chi connectivity index (χ0n) is 11.0. The molecule has 18 heavy (non-hydrogen) atoms. The summed E-state index contributed by atoms with van der Waals surface area (Å²) in [7, 11) is 0. The van der Waals surface area contributed by atoms with Crippen molar-refractivity contribution in [3.8, 4) is 11.1 Å². The molecule has 0 saturated heterocycles. The zero-order chi connectivity index (χ0) is 12.7. The maximum absolute atomic E-state index is 3.48. The highest BCUT2D eigenvalue weighted by atomic mass is 14.7. The first-order chi connectivity index (χ1) is 8.65. The highest BCUT2D eigenvalue weighted by Crippen LogP contribution is 2.32. The maximum atomic E-state index is 3.48. The normalized spacial score (nSPS) is 11.1. The molecular formula is C17H17N. The van der Waals surface area contributed by atoms with Crippen molar-refractivity contribution in [1.82, 2.24) is 4.98 Å². The van der Waals surface area contributed by atoms with Crippen molar-refractivity contribution in [2.75, 3.05) is 0 Å². The number of rotatable bonds is 1. The fourth-order valence-corrected chi connectivity index (χ4v) is 2.54. The van der Waals surface area contributed by atoms with Crippen LogP contribution in [-0.2, 0) is 0 Å². The maximum Gasteiger partial charge on any atom is 0.0465 e. The van der Waals surface area contributed by atoms with Gasteiger partial charge in [-0.2, -0.15) is 0 Å². The molecule has 0 aliphatic carbocycles. The van der Waals surface area contributed by atoms with E-state index < -0.39 is 0 Å². The quantitative estimate of drug-likeness (QED) is 0.626. The van der Waals surface area contributed by atoms with Crippen molar-refractivity contribution in [3.63, 3.8) is 0 Å².